The lowest BCUT2D eigenvalue weighted by Gasteiger charge is -2.20. The van der Waals surface area contributed by atoms with Gasteiger partial charge in [-0.25, -0.2) is 4.98 Å². The number of anilines is 1. The van der Waals surface area contributed by atoms with E-state index in [2.05, 4.69) is 23.1 Å². The summed E-state index contributed by atoms with van der Waals surface area (Å²) in [5.74, 6) is 0.141. The van der Waals surface area contributed by atoms with Crippen molar-refractivity contribution in [1.29, 1.82) is 0 Å². The van der Waals surface area contributed by atoms with Crippen LogP contribution in [0.3, 0.4) is 0 Å². The van der Waals surface area contributed by atoms with E-state index in [1.165, 1.54) is 0 Å². The number of unbranched alkanes of at least 4 members (excludes halogenated alkanes) is 1. The van der Waals surface area contributed by atoms with Gasteiger partial charge >= 0.3 is 0 Å². The molecule has 1 aromatic carbocycles. The second-order valence-corrected chi connectivity index (χ2v) is 7.27. The Balaban J connectivity index is 1.83. The molecule has 0 fully saturated rings. The zero-order chi connectivity index (χ0) is 17.8. The number of rotatable bonds is 7. The van der Waals surface area contributed by atoms with Gasteiger partial charge in [0.15, 0.2) is 5.13 Å². The maximum atomic E-state index is 12.8. The lowest BCUT2D eigenvalue weighted by atomic mass is 10.2. The molecule has 0 unspecified atom stereocenters. The first-order valence-electron chi connectivity index (χ1n) is 8.75. The summed E-state index contributed by atoms with van der Waals surface area (Å²) in [5.41, 5.74) is 3.06. The number of nitrogens with zero attached hydrogens (tertiary/aromatic N) is 4. The topological polar surface area (TPSA) is 51.0 Å². The Morgan fingerprint density at radius 2 is 2.08 bits per heavy atom. The van der Waals surface area contributed by atoms with Crippen LogP contribution in [-0.2, 0) is 11.3 Å². The first-order valence-corrected chi connectivity index (χ1v) is 9.57. The molecule has 0 bridgehead atoms. The molecule has 0 radical (unpaired) electrons. The molecule has 0 spiro atoms. The average molecular weight is 356 g/mol. The number of carbonyl (C=O) groups is 1. The Kier molecular flexibility index (Phi) is 5.48. The highest BCUT2D eigenvalue weighted by Crippen LogP contribution is 2.29. The summed E-state index contributed by atoms with van der Waals surface area (Å²) in [6.45, 7) is 7.39. The molecule has 0 saturated heterocycles. The van der Waals surface area contributed by atoms with Crippen molar-refractivity contribution in [1.82, 2.24) is 14.8 Å². The van der Waals surface area contributed by atoms with Gasteiger partial charge in [-0.3, -0.25) is 14.4 Å². The molecule has 25 heavy (non-hydrogen) atoms. The normalized spacial score (nSPS) is 11.2. The van der Waals surface area contributed by atoms with E-state index in [0.717, 1.165) is 39.6 Å². The average Bonchev–Trinajstić information content (AvgIpc) is 3.15. The molecular formula is C19H24N4OS. The summed E-state index contributed by atoms with van der Waals surface area (Å²) in [4.78, 5) is 19.3. The van der Waals surface area contributed by atoms with Crippen LogP contribution in [0.4, 0.5) is 5.13 Å². The summed E-state index contributed by atoms with van der Waals surface area (Å²) in [7, 11) is 0. The smallest absolute Gasteiger partial charge is 0.228 e. The van der Waals surface area contributed by atoms with Crippen molar-refractivity contribution in [3.63, 3.8) is 0 Å². The van der Waals surface area contributed by atoms with E-state index in [-0.39, 0.29) is 5.91 Å². The van der Waals surface area contributed by atoms with Crippen LogP contribution in [0.5, 0.6) is 0 Å². The van der Waals surface area contributed by atoms with Gasteiger partial charge in [0.25, 0.3) is 0 Å². The zero-order valence-electron chi connectivity index (χ0n) is 15.0. The third-order valence-corrected chi connectivity index (χ3v) is 5.26. The summed E-state index contributed by atoms with van der Waals surface area (Å²) >= 11 is 1.58. The first-order chi connectivity index (χ1) is 12.1. The van der Waals surface area contributed by atoms with E-state index in [1.807, 2.05) is 47.7 Å². The largest absolute Gasteiger partial charge is 0.286 e. The van der Waals surface area contributed by atoms with Crippen molar-refractivity contribution in [2.45, 2.75) is 46.6 Å². The molecule has 0 aliphatic rings. The maximum absolute atomic E-state index is 12.8. The predicted molar refractivity (Wildman–Crippen MR) is 103 cm³/mol. The number of hydrogen-bond donors (Lipinski definition) is 0. The summed E-state index contributed by atoms with van der Waals surface area (Å²) in [6, 6.07) is 10.1. The lowest BCUT2D eigenvalue weighted by molar-refractivity contribution is -0.118. The highest BCUT2D eigenvalue weighted by atomic mass is 32.1. The number of carbonyl (C=O) groups excluding carboxylic acids is 1. The highest BCUT2D eigenvalue weighted by Gasteiger charge is 2.19. The lowest BCUT2D eigenvalue weighted by Crippen LogP contribution is -2.34. The van der Waals surface area contributed by atoms with Crippen LogP contribution in [0.25, 0.3) is 10.2 Å². The molecule has 5 nitrogen and oxygen atoms in total. The van der Waals surface area contributed by atoms with Gasteiger partial charge in [0.2, 0.25) is 5.91 Å². The van der Waals surface area contributed by atoms with Gasteiger partial charge in [0.1, 0.15) is 0 Å². The fourth-order valence-electron chi connectivity index (χ4n) is 2.86. The molecule has 0 saturated carbocycles. The van der Waals surface area contributed by atoms with Gasteiger partial charge in [-0.05, 0) is 38.5 Å². The van der Waals surface area contributed by atoms with Gasteiger partial charge in [-0.1, -0.05) is 36.8 Å². The summed E-state index contributed by atoms with van der Waals surface area (Å²) in [5, 5.41) is 5.28. The highest BCUT2D eigenvalue weighted by molar-refractivity contribution is 7.22. The number of thiazole rings is 1. The molecule has 132 valence electrons. The molecule has 3 rings (SSSR count). The number of aryl methyl sites for hydroxylation is 2. The molecule has 2 aromatic heterocycles. The number of hydrogen-bond acceptors (Lipinski definition) is 4. The summed E-state index contributed by atoms with van der Waals surface area (Å²) in [6.07, 6.45) is 2.47. The second kappa shape index (κ2) is 7.78. The molecule has 3 aromatic rings. The van der Waals surface area contributed by atoms with E-state index in [0.29, 0.717) is 19.5 Å². The Morgan fingerprint density at radius 3 is 2.76 bits per heavy atom. The molecule has 0 aliphatic heterocycles. The molecule has 6 heteroatoms. The molecule has 0 aliphatic carbocycles. The fraction of sp³-hybridized carbons (Fsp3) is 0.421. The molecule has 2 heterocycles. The van der Waals surface area contributed by atoms with E-state index in [1.54, 1.807) is 11.3 Å². The number of amides is 1. The van der Waals surface area contributed by atoms with Crippen molar-refractivity contribution in [3.8, 4) is 0 Å². The van der Waals surface area contributed by atoms with Crippen molar-refractivity contribution in [2.24, 2.45) is 0 Å². The molecule has 0 N–H and O–H groups in total. The van der Waals surface area contributed by atoms with Gasteiger partial charge in [0.05, 0.1) is 22.5 Å². The standard InChI is InChI=1S/C19H24N4OS/c1-4-5-10-18(24)22(11-12-23-15(3)13-14(2)21-23)19-20-16-8-6-7-9-17(16)25-19/h6-9,13H,4-5,10-12H2,1-3H3. The van der Waals surface area contributed by atoms with Gasteiger partial charge in [-0.2, -0.15) is 5.10 Å². The Bertz CT molecular complexity index is 834. The van der Waals surface area contributed by atoms with Crippen LogP contribution in [0.1, 0.15) is 37.6 Å². The van der Waals surface area contributed by atoms with E-state index < -0.39 is 0 Å². The van der Waals surface area contributed by atoms with Crippen LogP contribution < -0.4 is 4.90 Å². The van der Waals surface area contributed by atoms with Crippen LogP contribution in [0.2, 0.25) is 0 Å². The van der Waals surface area contributed by atoms with Gasteiger partial charge < -0.3 is 0 Å². The Morgan fingerprint density at radius 1 is 1.28 bits per heavy atom. The van der Waals surface area contributed by atoms with Crippen molar-refractivity contribution < 1.29 is 4.79 Å². The zero-order valence-corrected chi connectivity index (χ0v) is 15.8. The third-order valence-electron chi connectivity index (χ3n) is 4.20. The van der Waals surface area contributed by atoms with E-state index >= 15 is 0 Å². The monoisotopic (exact) mass is 356 g/mol. The molecule has 1 amide bonds. The summed E-state index contributed by atoms with van der Waals surface area (Å²) < 4.78 is 3.07. The van der Waals surface area contributed by atoms with Crippen LogP contribution in [0, 0.1) is 13.8 Å². The van der Waals surface area contributed by atoms with Crippen molar-refractivity contribution >= 4 is 32.6 Å². The number of para-hydroxylation sites is 1. The molecular weight excluding hydrogens is 332 g/mol. The van der Waals surface area contributed by atoms with E-state index in [9.17, 15) is 4.79 Å². The number of fused-ring (bicyclic) bond motifs is 1. The van der Waals surface area contributed by atoms with Crippen molar-refractivity contribution in [3.05, 3.63) is 41.7 Å². The SMILES string of the molecule is CCCCC(=O)N(CCn1nc(C)cc1C)c1nc2ccccc2s1. The van der Waals surface area contributed by atoms with Crippen LogP contribution in [0.15, 0.2) is 30.3 Å². The fourth-order valence-corrected chi connectivity index (χ4v) is 3.87. The third kappa shape index (κ3) is 4.07. The number of benzene rings is 1. The minimum Gasteiger partial charge on any atom is -0.286 e. The van der Waals surface area contributed by atoms with E-state index in [4.69, 9.17) is 0 Å². The Hall–Kier alpha value is -2.21. The van der Waals surface area contributed by atoms with Crippen molar-refractivity contribution in [2.75, 3.05) is 11.4 Å². The Labute approximate surface area is 152 Å². The quantitative estimate of drug-likeness (QED) is 0.633. The molecule has 0 atom stereocenters. The van der Waals surface area contributed by atoms with Gasteiger partial charge in [0, 0.05) is 18.7 Å². The van der Waals surface area contributed by atoms with Crippen LogP contribution in [-0.4, -0.2) is 27.2 Å². The minimum atomic E-state index is 0.141. The second-order valence-electron chi connectivity index (χ2n) is 6.26. The minimum absolute atomic E-state index is 0.141. The number of aromatic nitrogens is 3. The maximum Gasteiger partial charge on any atom is 0.228 e. The predicted octanol–water partition coefficient (Wildman–Crippen LogP) is 4.33. The van der Waals surface area contributed by atoms with Gasteiger partial charge in [-0.15, -0.1) is 0 Å². The van der Waals surface area contributed by atoms with Crippen LogP contribution >= 0.6 is 11.3 Å². The first kappa shape index (κ1) is 17.6.